The highest BCUT2D eigenvalue weighted by Gasteiger charge is 2.11. The van der Waals surface area contributed by atoms with Crippen LogP contribution in [0.4, 0.5) is 0 Å². The van der Waals surface area contributed by atoms with E-state index in [4.69, 9.17) is 13.6 Å². The zero-order valence-corrected chi connectivity index (χ0v) is 12.4. The quantitative estimate of drug-likeness (QED) is 0.399. The molecule has 0 fully saturated rings. The molecule has 0 unspecified atom stereocenters. The van der Waals surface area contributed by atoms with Crippen LogP contribution in [-0.4, -0.2) is 25.3 Å². The van der Waals surface area contributed by atoms with Gasteiger partial charge >= 0.3 is 8.60 Å². The van der Waals surface area contributed by atoms with Crippen LogP contribution in [0.2, 0.25) is 0 Å². The summed E-state index contributed by atoms with van der Waals surface area (Å²) in [5.74, 6) is 0. The summed E-state index contributed by atoms with van der Waals surface area (Å²) in [5.41, 5.74) is 0. The first-order valence-corrected chi connectivity index (χ1v) is 7.63. The molecule has 0 aliphatic heterocycles. The summed E-state index contributed by atoms with van der Waals surface area (Å²) in [6, 6.07) is 0. The van der Waals surface area contributed by atoms with Crippen molar-refractivity contribution in [3.63, 3.8) is 0 Å². The van der Waals surface area contributed by atoms with E-state index in [1.165, 1.54) is 0 Å². The number of rotatable bonds is 12. The summed E-state index contributed by atoms with van der Waals surface area (Å²) < 4.78 is 16.8. The predicted molar refractivity (Wildman–Crippen MR) is 73.1 cm³/mol. The molecule has 0 saturated heterocycles. The molecule has 106 valence electrons. The Hall–Kier alpha value is 0.270. The molecule has 4 nitrogen and oxygen atoms in total. The van der Waals surface area contributed by atoms with Gasteiger partial charge in [-0.1, -0.05) is 40.0 Å². The van der Waals surface area contributed by atoms with Crippen molar-refractivity contribution in [2.75, 3.05) is 19.8 Å². The molecule has 0 aromatic rings. The maximum Gasteiger partial charge on any atom is 0.332 e. The van der Waals surface area contributed by atoms with E-state index in [1.54, 1.807) is 0 Å². The van der Waals surface area contributed by atoms with Crippen molar-refractivity contribution < 1.29 is 19.0 Å². The van der Waals surface area contributed by atoms with Crippen molar-refractivity contribution >= 4 is 8.60 Å². The van der Waals surface area contributed by atoms with E-state index in [0.717, 1.165) is 58.3 Å². The van der Waals surface area contributed by atoms with E-state index in [2.05, 4.69) is 20.8 Å². The first-order chi connectivity index (χ1) is 7.85. The van der Waals surface area contributed by atoms with Crippen LogP contribution in [0.25, 0.3) is 0 Å². The third-order valence-electron chi connectivity index (χ3n) is 2.08. The van der Waals surface area contributed by atoms with Crippen LogP contribution in [0, 0.1) is 0 Å². The molecule has 5 heteroatoms. The molecule has 0 atom stereocenters. The highest BCUT2D eigenvalue weighted by molar-refractivity contribution is 7.41. The molecular formula is C12H29O4P. The van der Waals surface area contributed by atoms with Crippen LogP contribution in [0.5, 0.6) is 0 Å². The maximum atomic E-state index is 5.60. The Bertz CT molecular complexity index is 112. The molecule has 17 heavy (non-hydrogen) atoms. The van der Waals surface area contributed by atoms with E-state index in [1.807, 2.05) is 0 Å². The molecule has 0 aromatic heterocycles. The van der Waals surface area contributed by atoms with Gasteiger partial charge in [0.2, 0.25) is 0 Å². The fourth-order valence-electron chi connectivity index (χ4n) is 0.962. The van der Waals surface area contributed by atoms with Crippen molar-refractivity contribution in [2.24, 2.45) is 0 Å². The van der Waals surface area contributed by atoms with Gasteiger partial charge in [-0.15, -0.1) is 0 Å². The molecule has 0 saturated carbocycles. The lowest BCUT2D eigenvalue weighted by molar-refractivity contribution is 0.155. The topological polar surface area (TPSA) is 59.2 Å². The summed E-state index contributed by atoms with van der Waals surface area (Å²) in [6.07, 6.45) is 6.67. The third-order valence-corrected chi connectivity index (χ3v) is 3.26. The van der Waals surface area contributed by atoms with Gasteiger partial charge < -0.3 is 19.0 Å². The molecule has 0 bridgehead atoms. The summed E-state index contributed by atoms with van der Waals surface area (Å²) in [6.45, 7) is 8.71. The molecular weight excluding hydrogens is 239 g/mol. The zero-order valence-electron chi connectivity index (χ0n) is 11.5. The normalized spacial score (nSPS) is 10.6. The van der Waals surface area contributed by atoms with Crippen LogP contribution in [0.1, 0.15) is 59.3 Å². The van der Waals surface area contributed by atoms with Gasteiger partial charge in [-0.25, -0.2) is 0 Å². The van der Waals surface area contributed by atoms with Gasteiger partial charge in [-0.3, -0.25) is 0 Å². The fourth-order valence-corrected chi connectivity index (χ4v) is 2.02. The molecule has 0 aromatic carbocycles. The second-order valence-corrected chi connectivity index (χ2v) is 5.01. The molecule has 2 N–H and O–H groups in total. The lowest BCUT2D eigenvalue weighted by atomic mass is 10.4. The fraction of sp³-hybridized carbons (Fsp3) is 1.00. The third kappa shape index (κ3) is 14.2. The smallest absolute Gasteiger partial charge is 0.332 e. The highest BCUT2D eigenvalue weighted by atomic mass is 31.2. The van der Waals surface area contributed by atoms with Crippen LogP contribution in [-0.2, 0) is 13.6 Å². The van der Waals surface area contributed by atoms with Gasteiger partial charge in [-0.05, 0) is 19.3 Å². The Kier molecular flexibility index (Phi) is 18.8. The first-order valence-electron chi connectivity index (χ1n) is 6.54. The van der Waals surface area contributed by atoms with E-state index >= 15 is 0 Å². The van der Waals surface area contributed by atoms with Gasteiger partial charge in [-0.2, -0.15) is 0 Å². The molecule has 0 radical (unpaired) electrons. The Morgan fingerprint density at radius 2 is 0.941 bits per heavy atom. The summed E-state index contributed by atoms with van der Waals surface area (Å²) in [7, 11) is -1.10. The van der Waals surface area contributed by atoms with E-state index in [0.29, 0.717) is 0 Å². The Morgan fingerprint density at radius 1 is 0.647 bits per heavy atom. The van der Waals surface area contributed by atoms with Gasteiger partial charge in [0.15, 0.2) is 0 Å². The van der Waals surface area contributed by atoms with Gasteiger partial charge in [0.1, 0.15) is 0 Å². The second-order valence-electron chi connectivity index (χ2n) is 3.78. The van der Waals surface area contributed by atoms with Crippen molar-refractivity contribution in [3.8, 4) is 0 Å². The van der Waals surface area contributed by atoms with Crippen molar-refractivity contribution in [1.29, 1.82) is 0 Å². The summed E-state index contributed by atoms with van der Waals surface area (Å²) in [4.78, 5) is 0. The van der Waals surface area contributed by atoms with E-state index in [-0.39, 0.29) is 5.48 Å². The minimum absolute atomic E-state index is 0. The minimum atomic E-state index is -1.10. The Balaban J connectivity index is 0. The van der Waals surface area contributed by atoms with Crippen molar-refractivity contribution in [2.45, 2.75) is 59.3 Å². The predicted octanol–water partition coefficient (Wildman–Crippen LogP) is 3.84. The van der Waals surface area contributed by atoms with E-state index in [9.17, 15) is 0 Å². The Labute approximate surface area is 107 Å². The summed E-state index contributed by atoms with van der Waals surface area (Å²) in [5, 5.41) is 0. The second kappa shape index (κ2) is 16.3. The standard InChI is InChI=1S/C12H27O3P.H2O/c1-4-7-10-13-16(14-11-8-5-2)15-12-9-6-3;/h4-12H2,1-3H3;1H2. The number of unbranched alkanes of at least 4 members (excludes halogenated alkanes) is 3. The number of hydrogen-bond acceptors (Lipinski definition) is 3. The van der Waals surface area contributed by atoms with Gasteiger partial charge in [0, 0.05) is 0 Å². The average Bonchev–Trinajstić information content (AvgIpc) is 2.29. The van der Waals surface area contributed by atoms with Gasteiger partial charge in [0.25, 0.3) is 0 Å². The van der Waals surface area contributed by atoms with Crippen LogP contribution in [0.15, 0.2) is 0 Å². The van der Waals surface area contributed by atoms with Crippen molar-refractivity contribution in [1.82, 2.24) is 0 Å². The first kappa shape index (κ1) is 19.6. The average molecular weight is 268 g/mol. The summed E-state index contributed by atoms with van der Waals surface area (Å²) >= 11 is 0. The maximum absolute atomic E-state index is 5.60. The lowest BCUT2D eigenvalue weighted by Crippen LogP contribution is -1.99. The molecule has 0 rings (SSSR count). The largest absolute Gasteiger partial charge is 0.412 e. The minimum Gasteiger partial charge on any atom is -0.412 e. The Morgan fingerprint density at radius 3 is 1.18 bits per heavy atom. The monoisotopic (exact) mass is 268 g/mol. The molecule has 0 aliphatic rings. The van der Waals surface area contributed by atoms with Crippen LogP contribution < -0.4 is 0 Å². The van der Waals surface area contributed by atoms with Crippen LogP contribution >= 0.6 is 8.60 Å². The molecule has 0 heterocycles. The lowest BCUT2D eigenvalue weighted by Gasteiger charge is -2.16. The highest BCUT2D eigenvalue weighted by Crippen LogP contribution is 2.40. The molecule has 0 amide bonds. The van der Waals surface area contributed by atoms with E-state index < -0.39 is 8.60 Å². The van der Waals surface area contributed by atoms with Crippen molar-refractivity contribution in [3.05, 3.63) is 0 Å². The van der Waals surface area contributed by atoms with Gasteiger partial charge in [0.05, 0.1) is 19.8 Å². The zero-order chi connectivity index (χ0) is 12.1. The number of hydrogen-bond donors (Lipinski definition) is 0. The molecule has 0 aliphatic carbocycles. The SMILES string of the molecule is CCCCOP(OCCCC)OCCCC.O. The van der Waals surface area contributed by atoms with Crippen LogP contribution in [0.3, 0.4) is 0 Å². The molecule has 0 spiro atoms.